The molecule has 2 aromatic rings. The van der Waals surface area contributed by atoms with Crippen molar-refractivity contribution >= 4 is 0 Å². The number of hydrogen-bond donors (Lipinski definition) is 1. The first-order valence-electron chi connectivity index (χ1n) is 5.84. The highest BCUT2D eigenvalue weighted by Gasteiger charge is 2.14. The standard InChI is InChI=1S/C12H15F2N5/c1-12(2,3)15-7-11-16-17-18-19(11)8-4-5-9(13)10(14)6-8/h4-6,15H,7H2,1-3H3. The lowest BCUT2D eigenvalue weighted by Crippen LogP contribution is -2.35. The maximum Gasteiger partial charge on any atom is 0.170 e. The van der Waals surface area contributed by atoms with Crippen LogP contribution in [0.2, 0.25) is 0 Å². The van der Waals surface area contributed by atoms with Crippen molar-refractivity contribution in [2.75, 3.05) is 0 Å². The Morgan fingerprint density at radius 1 is 1.21 bits per heavy atom. The first-order chi connectivity index (χ1) is 8.87. The molecule has 1 heterocycles. The average Bonchev–Trinajstić information content (AvgIpc) is 2.77. The molecule has 0 unspecified atom stereocenters. The van der Waals surface area contributed by atoms with E-state index in [1.807, 2.05) is 20.8 Å². The molecular weight excluding hydrogens is 252 g/mol. The van der Waals surface area contributed by atoms with Crippen molar-refractivity contribution in [3.05, 3.63) is 35.7 Å². The van der Waals surface area contributed by atoms with E-state index in [9.17, 15) is 8.78 Å². The molecular formula is C12H15F2N5. The third-order valence-corrected chi connectivity index (χ3v) is 2.46. The van der Waals surface area contributed by atoms with Crippen molar-refractivity contribution in [1.29, 1.82) is 0 Å². The van der Waals surface area contributed by atoms with Crippen LogP contribution >= 0.6 is 0 Å². The summed E-state index contributed by atoms with van der Waals surface area (Å²) in [7, 11) is 0. The number of nitrogens with zero attached hydrogens (tertiary/aromatic N) is 4. The van der Waals surface area contributed by atoms with Crippen LogP contribution in [0.4, 0.5) is 8.78 Å². The predicted octanol–water partition coefficient (Wildman–Crippen LogP) is 1.83. The number of nitrogens with one attached hydrogen (secondary N) is 1. The van der Waals surface area contributed by atoms with Gasteiger partial charge in [0, 0.05) is 11.6 Å². The summed E-state index contributed by atoms with van der Waals surface area (Å²) in [4.78, 5) is 0. The molecule has 0 fully saturated rings. The molecule has 0 aliphatic rings. The van der Waals surface area contributed by atoms with E-state index in [1.54, 1.807) is 0 Å². The highest BCUT2D eigenvalue weighted by molar-refractivity contribution is 5.32. The Balaban J connectivity index is 2.26. The molecule has 1 N–H and O–H groups in total. The Labute approximate surface area is 109 Å². The highest BCUT2D eigenvalue weighted by Crippen LogP contribution is 2.13. The number of benzene rings is 1. The van der Waals surface area contributed by atoms with Crippen molar-refractivity contribution < 1.29 is 8.78 Å². The minimum absolute atomic E-state index is 0.0924. The van der Waals surface area contributed by atoms with E-state index in [0.29, 0.717) is 18.1 Å². The zero-order valence-electron chi connectivity index (χ0n) is 11.0. The number of halogens is 2. The molecule has 102 valence electrons. The lowest BCUT2D eigenvalue weighted by atomic mass is 10.1. The molecule has 0 bridgehead atoms. The van der Waals surface area contributed by atoms with E-state index < -0.39 is 11.6 Å². The lowest BCUT2D eigenvalue weighted by molar-refractivity contribution is 0.415. The summed E-state index contributed by atoms with van der Waals surface area (Å²) in [6.45, 7) is 6.46. The summed E-state index contributed by atoms with van der Waals surface area (Å²) in [6, 6.07) is 3.54. The van der Waals surface area contributed by atoms with Gasteiger partial charge in [0.1, 0.15) is 0 Å². The van der Waals surface area contributed by atoms with Crippen LogP contribution in [0.3, 0.4) is 0 Å². The second-order valence-corrected chi connectivity index (χ2v) is 5.21. The average molecular weight is 267 g/mol. The van der Waals surface area contributed by atoms with Gasteiger partial charge in [0.25, 0.3) is 0 Å². The van der Waals surface area contributed by atoms with Crippen LogP contribution in [0.1, 0.15) is 26.6 Å². The molecule has 0 saturated carbocycles. The molecule has 19 heavy (non-hydrogen) atoms. The van der Waals surface area contributed by atoms with Crippen molar-refractivity contribution in [1.82, 2.24) is 25.5 Å². The maximum atomic E-state index is 13.2. The smallest absolute Gasteiger partial charge is 0.170 e. The SMILES string of the molecule is CC(C)(C)NCc1nnnn1-c1ccc(F)c(F)c1. The minimum atomic E-state index is -0.928. The molecule has 0 atom stereocenters. The maximum absolute atomic E-state index is 13.2. The molecule has 0 saturated heterocycles. The molecule has 0 aliphatic carbocycles. The predicted molar refractivity (Wildman–Crippen MR) is 65.7 cm³/mol. The Morgan fingerprint density at radius 2 is 1.95 bits per heavy atom. The van der Waals surface area contributed by atoms with E-state index in [2.05, 4.69) is 20.8 Å². The van der Waals surface area contributed by atoms with Crippen molar-refractivity contribution in [3.63, 3.8) is 0 Å². The Morgan fingerprint density at radius 3 is 2.58 bits per heavy atom. The van der Waals surface area contributed by atoms with Gasteiger partial charge in [-0.1, -0.05) is 0 Å². The Bertz CT molecular complexity index is 574. The topological polar surface area (TPSA) is 55.6 Å². The molecule has 2 rings (SSSR count). The minimum Gasteiger partial charge on any atom is -0.305 e. The van der Waals surface area contributed by atoms with E-state index in [0.717, 1.165) is 12.1 Å². The second kappa shape index (κ2) is 5.00. The van der Waals surface area contributed by atoms with Crippen LogP contribution in [-0.2, 0) is 6.54 Å². The van der Waals surface area contributed by atoms with Gasteiger partial charge in [0.15, 0.2) is 17.5 Å². The van der Waals surface area contributed by atoms with Crippen LogP contribution in [0.15, 0.2) is 18.2 Å². The van der Waals surface area contributed by atoms with Crippen LogP contribution in [0, 0.1) is 11.6 Å². The summed E-state index contributed by atoms with van der Waals surface area (Å²) >= 11 is 0. The van der Waals surface area contributed by atoms with Gasteiger partial charge in [-0.2, -0.15) is 4.68 Å². The molecule has 7 heteroatoms. The zero-order valence-corrected chi connectivity index (χ0v) is 11.0. The number of aromatic nitrogens is 4. The summed E-state index contributed by atoms with van der Waals surface area (Å²) in [5.41, 5.74) is 0.291. The van der Waals surface area contributed by atoms with Gasteiger partial charge in [0.05, 0.1) is 12.2 Å². The largest absolute Gasteiger partial charge is 0.305 e. The van der Waals surface area contributed by atoms with Gasteiger partial charge >= 0.3 is 0 Å². The molecule has 0 radical (unpaired) electrons. The van der Waals surface area contributed by atoms with Crippen LogP contribution in [0.25, 0.3) is 5.69 Å². The fourth-order valence-corrected chi connectivity index (χ4v) is 1.48. The van der Waals surface area contributed by atoms with Gasteiger partial charge in [0.2, 0.25) is 0 Å². The molecule has 1 aromatic heterocycles. The molecule has 0 spiro atoms. The van der Waals surface area contributed by atoms with Crippen molar-refractivity contribution in [2.24, 2.45) is 0 Å². The van der Waals surface area contributed by atoms with E-state index in [-0.39, 0.29) is 5.54 Å². The monoisotopic (exact) mass is 267 g/mol. The van der Waals surface area contributed by atoms with Gasteiger partial charge in [-0.25, -0.2) is 8.78 Å². The van der Waals surface area contributed by atoms with Crippen LogP contribution in [0.5, 0.6) is 0 Å². The number of rotatable bonds is 3. The van der Waals surface area contributed by atoms with E-state index in [1.165, 1.54) is 10.7 Å². The Hall–Kier alpha value is -1.89. The quantitative estimate of drug-likeness (QED) is 0.921. The molecule has 0 amide bonds. The molecule has 1 aromatic carbocycles. The first kappa shape index (κ1) is 13.5. The zero-order chi connectivity index (χ0) is 14.0. The van der Waals surface area contributed by atoms with E-state index >= 15 is 0 Å². The fourth-order valence-electron chi connectivity index (χ4n) is 1.48. The first-order valence-corrected chi connectivity index (χ1v) is 5.84. The van der Waals surface area contributed by atoms with Gasteiger partial charge in [-0.15, -0.1) is 5.10 Å². The lowest BCUT2D eigenvalue weighted by Gasteiger charge is -2.19. The summed E-state index contributed by atoms with van der Waals surface area (Å²) in [5.74, 6) is -1.30. The van der Waals surface area contributed by atoms with Crippen molar-refractivity contribution in [3.8, 4) is 5.69 Å². The van der Waals surface area contributed by atoms with Gasteiger partial charge in [-0.3, -0.25) is 0 Å². The third-order valence-electron chi connectivity index (χ3n) is 2.46. The summed E-state index contributed by atoms with van der Waals surface area (Å²) in [5, 5.41) is 14.4. The van der Waals surface area contributed by atoms with Crippen LogP contribution in [-0.4, -0.2) is 25.7 Å². The van der Waals surface area contributed by atoms with Crippen LogP contribution < -0.4 is 5.32 Å². The Kier molecular flexibility index (Phi) is 3.57. The number of tetrazole rings is 1. The second-order valence-electron chi connectivity index (χ2n) is 5.21. The third kappa shape index (κ3) is 3.31. The fraction of sp³-hybridized carbons (Fsp3) is 0.417. The summed E-state index contributed by atoms with van der Waals surface area (Å²) in [6.07, 6.45) is 0. The van der Waals surface area contributed by atoms with Crippen molar-refractivity contribution in [2.45, 2.75) is 32.9 Å². The number of hydrogen-bond acceptors (Lipinski definition) is 4. The molecule has 0 aliphatic heterocycles. The normalized spacial score (nSPS) is 11.8. The van der Waals surface area contributed by atoms with Gasteiger partial charge < -0.3 is 5.32 Å². The van der Waals surface area contributed by atoms with E-state index in [4.69, 9.17) is 0 Å². The summed E-state index contributed by atoms with van der Waals surface area (Å²) < 4.78 is 27.5. The van der Waals surface area contributed by atoms with Gasteiger partial charge in [-0.05, 0) is 43.3 Å². The molecule has 5 nitrogen and oxygen atoms in total. The highest BCUT2D eigenvalue weighted by atomic mass is 19.2.